The molecule has 16 heavy (non-hydrogen) atoms. The molecule has 0 aromatic carbocycles. The van der Waals surface area contributed by atoms with Crippen molar-refractivity contribution in [2.75, 3.05) is 13.1 Å². The van der Waals surface area contributed by atoms with Gasteiger partial charge in [-0.2, -0.15) is 13.2 Å². The van der Waals surface area contributed by atoms with Crippen molar-refractivity contribution in [3.05, 3.63) is 29.6 Å². The molecule has 0 radical (unpaired) electrons. The molecule has 2 atom stereocenters. The SMILES string of the molecule is FC(F)(F)c1ccc([C@]23CNC[C@@H]2C3)nc1. The average molecular weight is 228 g/mol. The van der Waals surface area contributed by atoms with Gasteiger partial charge in [0.1, 0.15) is 0 Å². The van der Waals surface area contributed by atoms with Gasteiger partial charge in [-0.25, -0.2) is 0 Å². The van der Waals surface area contributed by atoms with Crippen LogP contribution in [0, 0.1) is 5.92 Å². The molecule has 1 saturated heterocycles. The third kappa shape index (κ3) is 1.34. The number of alkyl halides is 3. The van der Waals surface area contributed by atoms with E-state index in [4.69, 9.17) is 0 Å². The first-order chi connectivity index (χ1) is 7.52. The molecule has 1 aromatic rings. The van der Waals surface area contributed by atoms with Crippen LogP contribution in [0.4, 0.5) is 13.2 Å². The molecule has 1 aliphatic carbocycles. The molecule has 86 valence electrons. The van der Waals surface area contributed by atoms with Gasteiger partial charge in [0.05, 0.1) is 5.56 Å². The summed E-state index contributed by atoms with van der Waals surface area (Å²) in [5, 5.41) is 3.24. The number of nitrogens with one attached hydrogen (secondary N) is 1. The molecule has 2 heterocycles. The Bertz CT molecular complexity index is 412. The minimum atomic E-state index is -4.29. The Morgan fingerprint density at radius 1 is 1.38 bits per heavy atom. The summed E-state index contributed by atoms with van der Waals surface area (Å²) in [6.45, 7) is 1.80. The maximum Gasteiger partial charge on any atom is 0.417 e. The first-order valence-corrected chi connectivity index (χ1v) is 5.27. The van der Waals surface area contributed by atoms with Crippen molar-refractivity contribution in [3.8, 4) is 0 Å². The molecule has 0 spiro atoms. The smallest absolute Gasteiger partial charge is 0.315 e. The Kier molecular flexibility index (Phi) is 1.87. The topological polar surface area (TPSA) is 24.9 Å². The number of halogens is 3. The monoisotopic (exact) mass is 228 g/mol. The van der Waals surface area contributed by atoms with E-state index < -0.39 is 11.7 Å². The van der Waals surface area contributed by atoms with Crippen molar-refractivity contribution >= 4 is 0 Å². The Balaban J connectivity index is 1.89. The summed E-state index contributed by atoms with van der Waals surface area (Å²) >= 11 is 0. The molecule has 1 N–H and O–H groups in total. The van der Waals surface area contributed by atoms with Gasteiger partial charge in [-0.1, -0.05) is 0 Å². The van der Waals surface area contributed by atoms with E-state index in [-0.39, 0.29) is 5.41 Å². The minimum Gasteiger partial charge on any atom is -0.315 e. The van der Waals surface area contributed by atoms with Crippen LogP contribution in [0.2, 0.25) is 0 Å². The van der Waals surface area contributed by atoms with Crippen LogP contribution in [0.3, 0.4) is 0 Å². The number of aromatic nitrogens is 1. The first-order valence-electron chi connectivity index (χ1n) is 5.27. The molecule has 1 aliphatic heterocycles. The van der Waals surface area contributed by atoms with Gasteiger partial charge in [0.2, 0.25) is 0 Å². The van der Waals surface area contributed by atoms with Crippen molar-refractivity contribution in [1.82, 2.24) is 10.3 Å². The van der Waals surface area contributed by atoms with Crippen molar-refractivity contribution in [2.45, 2.75) is 18.0 Å². The number of pyridine rings is 1. The number of hydrogen-bond acceptors (Lipinski definition) is 2. The van der Waals surface area contributed by atoms with Crippen LogP contribution < -0.4 is 5.32 Å². The highest BCUT2D eigenvalue weighted by atomic mass is 19.4. The number of nitrogens with zero attached hydrogens (tertiary/aromatic N) is 1. The van der Waals surface area contributed by atoms with Crippen LogP contribution in [-0.4, -0.2) is 18.1 Å². The van der Waals surface area contributed by atoms with Crippen LogP contribution in [0.5, 0.6) is 0 Å². The summed E-state index contributed by atoms with van der Waals surface area (Å²) in [5.41, 5.74) is 0.163. The summed E-state index contributed by atoms with van der Waals surface area (Å²) in [7, 11) is 0. The summed E-state index contributed by atoms with van der Waals surface area (Å²) < 4.78 is 37.1. The van der Waals surface area contributed by atoms with Gasteiger partial charge < -0.3 is 5.32 Å². The van der Waals surface area contributed by atoms with Crippen LogP contribution in [0.1, 0.15) is 17.7 Å². The Morgan fingerprint density at radius 3 is 2.62 bits per heavy atom. The summed E-state index contributed by atoms with van der Waals surface area (Å²) in [6, 6.07) is 2.65. The largest absolute Gasteiger partial charge is 0.417 e. The summed E-state index contributed by atoms with van der Waals surface area (Å²) in [5.74, 6) is 0.566. The highest BCUT2D eigenvalue weighted by Crippen LogP contribution is 2.55. The Labute approximate surface area is 90.9 Å². The van der Waals surface area contributed by atoms with Crippen molar-refractivity contribution in [1.29, 1.82) is 0 Å². The lowest BCUT2D eigenvalue weighted by Gasteiger charge is -2.12. The molecule has 1 aromatic heterocycles. The maximum atomic E-state index is 12.4. The second-order valence-electron chi connectivity index (χ2n) is 4.62. The zero-order chi connectivity index (χ0) is 11.4. The Morgan fingerprint density at radius 2 is 2.19 bits per heavy atom. The van der Waals surface area contributed by atoms with E-state index in [1.165, 1.54) is 6.07 Å². The number of rotatable bonds is 1. The number of piperidine rings is 1. The first kappa shape index (κ1) is 10.1. The second kappa shape index (κ2) is 2.97. The molecule has 0 bridgehead atoms. The summed E-state index contributed by atoms with van der Waals surface area (Å²) in [4.78, 5) is 3.98. The van der Waals surface area contributed by atoms with Gasteiger partial charge in [0.15, 0.2) is 0 Å². The fraction of sp³-hybridized carbons (Fsp3) is 0.545. The van der Waals surface area contributed by atoms with Gasteiger partial charge >= 0.3 is 6.18 Å². The standard InChI is InChI=1S/C11H11F3N2/c12-11(13,14)7-1-2-9(16-5-7)10-3-8(10)4-15-6-10/h1-2,5,8,15H,3-4,6H2/t8-,10+/m0/s1. The fourth-order valence-electron chi connectivity index (χ4n) is 2.59. The van der Waals surface area contributed by atoms with E-state index in [2.05, 4.69) is 10.3 Å². The predicted octanol–water partition coefficient (Wildman–Crippen LogP) is 1.96. The number of fused-ring (bicyclic) bond motifs is 1. The molecule has 2 fully saturated rings. The zero-order valence-electron chi connectivity index (χ0n) is 8.51. The van der Waals surface area contributed by atoms with Gasteiger partial charge in [0, 0.05) is 23.9 Å². The summed E-state index contributed by atoms with van der Waals surface area (Å²) in [6.07, 6.45) is -2.30. The fourth-order valence-corrected chi connectivity index (χ4v) is 2.59. The van der Waals surface area contributed by atoms with Crippen LogP contribution >= 0.6 is 0 Å². The molecule has 1 saturated carbocycles. The maximum absolute atomic E-state index is 12.4. The lowest BCUT2D eigenvalue weighted by molar-refractivity contribution is -0.137. The van der Waals surface area contributed by atoms with Crippen LogP contribution in [0.25, 0.3) is 0 Å². The third-order valence-electron chi connectivity index (χ3n) is 3.66. The molecule has 0 unspecified atom stereocenters. The van der Waals surface area contributed by atoms with Crippen LogP contribution in [0.15, 0.2) is 18.3 Å². The Hall–Kier alpha value is -1.10. The van der Waals surface area contributed by atoms with E-state index in [1.807, 2.05) is 0 Å². The van der Waals surface area contributed by atoms with Gasteiger partial charge in [-0.15, -0.1) is 0 Å². The lowest BCUT2D eigenvalue weighted by Crippen LogP contribution is -2.20. The van der Waals surface area contributed by atoms with E-state index in [0.29, 0.717) is 5.92 Å². The highest BCUT2D eigenvalue weighted by molar-refractivity contribution is 5.33. The second-order valence-corrected chi connectivity index (χ2v) is 4.62. The van der Waals surface area contributed by atoms with Gasteiger partial charge in [0.25, 0.3) is 0 Å². The van der Waals surface area contributed by atoms with Gasteiger partial charge in [-0.05, 0) is 31.0 Å². The van der Waals surface area contributed by atoms with Crippen molar-refractivity contribution in [2.24, 2.45) is 5.92 Å². The lowest BCUT2D eigenvalue weighted by atomic mass is 10.0. The molecule has 2 nitrogen and oxygen atoms in total. The van der Waals surface area contributed by atoms with Crippen LogP contribution in [-0.2, 0) is 11.6 Å². The van der Waals surface area contributed by atoms with Gasteiger partial charge in [-0.3, -0.25) is 4.98 Å². The van der Waals surface area contributed by atoms with Crippen molar-refractivity contribution in [3.63, 3.8) is 0 Å². The van der Waals surface area contributed by atoms with E-state index in [0.717, 1.165) is 37.5 Å². The molecular formula is C11H11F3N2. The minimum absolute atomic E-state index is 0.0319. The normalized spacial score (nSPS) is 32.6. The molecular weight excluding hydrogens is 217 g/mol. The molecule has 3 rings (SSSR count). The molecule has 2 aliphatic rings. The number of hydrogen-bond donors (Lipinski definition) is 1. The van der Waals surface area contributed by atoms with E-state index >= 15 is 0 Å². The molecule has 0 amide bonds. The zero-order valence-corrected chi connectivity index (χ0v) is 8.51. The van der Waals surface area contributed by atoms with E-state index in [9.17, 15) is 13.2 Å². The third-order valence-corrected chi connectivity index (χ3v) is 3.66. The quantitative estimate of drug-likeness (QED) is 0.794. The van der Waals surface area contributed by atoms with Crippen molar-refractivity contribution < 1.29 is 13.2 Å². The molecule has 5 heteroatoms. The van der Waals surface area contributed by atoms with E-state index in [1.54, 1.807) is 0 Å². The highest BCUT2D eigenvalue weighted by Gasteiger charge is 2.59. The predicted molar refractivity (Wildman–Crippen MR) is 51.9 cm³/mol. The average Bonchev–Trinajstić information content (AvgIpc) is 2.81.